The quantitative estimate of drug-likeness (QED) is 0.471. The average molecular weight is 453 g/mol. The number of nitrogens with one attached hydrogen (secondary N) is 3. The van der Waals surface area contributed by atoms with Gasteiger partial charge in [-0.05, 0) is 43.4 Å². The summed E-state index contributed by atoms with van der Waals surface area (Å²) in [5, 5.41) is 5.27. The Hall–Kier alpha value is -2.62. The van der Waals surface area contributed by atoms with E-state index in [2.05, 4.69) is 17.6 Å². The molecule has 0 aromatic heterocycles. The molecule has 0 spiro atoms. The maximum absolute atomic E-state index is 12.3. The first-order valence-electron chi connectivity index (χ1n) is 10.8. The number of rotatable bonds is 10. The molecule has 1 aliphatic rings. The van der Waals surface area contributed by atoms with E-state index in [1.807, 2.05) is 4.72 Å². The highest BCUT2D eigenvalue weighted by molar-refractivity contribution is 7.90. The van der Waals surface area contributed by atoms with Gasteiger partial charge in [0.05, 0.1) is 4.90 Å². The predicted molar refractivity (Wildman–Crippen MR) is 117 cm³/mol. The van der Waals surface area contributed by atoms with Crippen LogP contribution in [0.5, 0.6) is 0 Å². The largest absolute Gasteiger partial charge is 0.337 e. The van der Waals surface area contributed by atoms with Crippen LogP contribution >= 0.6 is 0 Å². The topological polar surface area (TPSA) is 125 Å². The number of amides is 5. The molecule has 172 valence electrons. The van der Waals surface area contributed by atoms with Crippen LogP contribution in [0.1, 0.15) is 57.4 Å². The first-order valence-corrected chi connectivity index (χ1v) is 12.3. The van der Waals surface area contributed by atoms with Gasteiger partial charge in [0.25, 0.3) is 10.0 Å². The zero-order valence-electron chi connectivity index (χ0n) is 18.0. The summed E-state index contributed by atoms with van der Waals surface area (Å²) in [6.07, 6.45) is 6.47. The standard InChI is InChI=1S/C21H32N4O5S/c1-2-3-4-6-14-22-20(27)24-31(29,30)18-11-9-17(10-12-18)13-15-23-21(28)25-16-7-5-8-19(25)26/h9-12H,2-8,13-16H2,1H3,(H,23,28)(H2,22,24,27). The van der Waals surface area contributed by atoms with E-state index in [-0.39, 0.29) is 10.8 Å². The van der Waals surface area contributed by atoms with E-state index in [1.165, 1.54) is 17.0 Å². The first kappa shape index (κ1) is 24.6. The van der Waals surface area contributed by atoms with E-state index in [1.54, 1.807) is 12.1 Å². The van der Waals surface area contributed by atoms with Gasteiger partial charge in [0.15, 0.2) is 0 Å². The van der Waals surface area contributed by atoms with Gasteiger partial charge >= 0.3 is 12.1 Å². The first-order chi connectivity index (χ1) is 14.8. The molecule has 1 fully saturated rings. The molecule has 1 aliphatic heterocycles. The molecule has 0 bridgehead atoms. The summed E-state index contributed by atoms with van der Waals surface area (Å²) in [6.45, 7) is 3.28. The molecule has 1 saturated heterocycles. The van der Waals surface area contributed by atoms with Gasteiger partial charge in [-0.2, -0.15) is 0 Å². The second-order valence-corrected chi connectivity index (χ2v) is 9.23. The van der Waals surface area contributed by atoms with Crippen LogP contribution in [0.3, 0.4) is 0 Å². The normalized spacial score (nSPS) is 14.2. The third-order valence-corrected chi connectivity index (χ3v) is 6.38. The number of carbonyl (C=O) groups excluding carboxylic acids is 3. The van der Waals surface area contributed by atoms with Crippen LogP contribution < -0.4 is 15.4 Å². The smallest absolute Gasteiger partial charge is 0.328 e. The van der Waals surface area contributed by atoms with Crippen LogP contribution in [0.2, 0.25) is 0 Å². The molecule has 3 N–H and O–H groups in total. The molecule has 10 heteroatoms. The lowest BCUT2D eigenvalue weighted by Gasteiger charge is -2.24. The molecule has 0 atom stereocenters. The minimum atomic E-state index is -3.95. The summed E-state index contributed by atoms with van der Waals surface area (Å²) in [7, 11) is -3.95. The molecule has 1 heterocycles. The molecule has 31 heavy (non-hydrogen) atoms. The van der Waals surface area contributed by atoms with Crippen molar-refractivity contribution >= 4 is 28.0 Å². The van der Waals surface area contributed by atoms with Crippen LogP contribution in [0.25, 0.3) is 0 Å². The van der Waals surface area contributed by atoms with Crippen LogP contribution in [0, 0.1) is 0 Å². The summed E-state index contributed by atoms with van der Waals surface area (Å²) in [5.74, 6) is -0.157. The van der Waals surface area contributed by atoms with Crippen LogP contribution in [-0.2, 0) is 21.2 Å². The predicted octanol–water partition coefficient (Wildman–Crippen LogP) is 2.52. The van der Waals surface area contributed by atoms with Crippen molar-refractivity contribution in [2.24, 2.45) is 0 Å². The molecule has 0 aliphatic carbocycles. The molecule has 0 saturated carbocycles. The highest BCUT2D eigenvalue weighted by atomic mass is 32.2. The van der Waals surface area contributed by atoms with E-state index in [9.17, 15) is 22.8 Å². The Morgan fingerprint density at radius 1 is 1.00 bits per heavy atom. The van der Waals surface area contributed by atoms with Crippen molar-refractivity contribution in [3.63, 3.8) is 0 Å². The Labute approximate surface area is 184 Å². The Kier molecular flexibility index (Phi) is 9.77. The Morgan fingerprint density at radius 3 is 2.42 bits per heavy atom. The summed E-state index contributed by atoms with van der Waals surface area (Å²) in [6, 6.07) is 4.97. The number of urea groups is 2. The van der Waals surface area contributed by atoms with E-state index >= 15 is 0 Å². The number of nitrogens with zero attached hydrogens (tertiary/aromatic N) is 1. The van der Waals surface area contributed by atoms with Gasteiger partial charge < -0.3 is 10.6 Å². The number of carbonyl (C=O) groups is 3. The fourth-order valence-electron chi connectivity index (χ4n) is 3.24. The fourth-order valence-corrected chi connectivity index (χ4v) is 4.16. The molecule has 1 aromatic rings. The third kappa shape index (κ3) is 8.20. The lowest BCUT2D eigenvalue weighted by molar-refractivity contribution is -0.130. The van der Waals surface area contributed by atoms with Crippen LogP contribution in [0.15, 0.2) is 29.2 Å². The van der Waals surface area contributed by atoms with E-state index in [0.717, 1.165) is 44.1 Å². The summed E-state index contributed by atoms with van der Waals surface area (Å²) in [5.41, 5.74) is 0.824. The van der Waals surface area contributed by atoms with E-state index in [4.69, 9.17) is 0 Å². The fraction of sp³-hybridized carbons (Fsp3) is 0.571. The molecule has 5 amide bonds. The minimum absolute atomic E-state index is 0.0136. The second kappa shape index (κ2) is 12.3. The molecule has 2 rings (SSSR count). The van der Waals surface area contributed by atoms with Gasteiger partial charge in [-0.15, -0.1) is 0 Å². The van der Waals surface area contributed by atoms with Gasteiger partial charge in [-0.1, -0.05) is 38.3 Å². The van der Waals surface area contributed by atoms with Crippen LogP contribution in [0.4, 0.5) is 9.59 Å². The summed E-state index contributed by atoms with van der Waals surface area (Å²) < 4.78 is 26.7. The molecule has 0 unspecified atom stereocenters. The number of hydrogen-bond donors (Lipinski definition) is 3. The SMILES string of the molecule is CCCCCCNC(=O)NS(=O)(=O)c1ccc(CCNC(=O)N2CCCCC2=O)cc1. The lowest BCUT2D eigenvalue weighted by atomic mass is 10.1. The monoisotopic (exact) mass is 452 g/mol. The maximum atomic E-state index is 12.3. The van der Waals surface area contributed by atoms with Gasteiger partial charge in [-0.25, -0.2) is 22.7 Å². The highest BCUT2D eigenvalue weighted by Gasteiger charge is 2.23. The highest BCUT2D eigenvalue weighted by Crippen LogP contribution is 2.12. The summed E-state index contributed by atoms with van der Waals surface area (Å²) >= 11 is 0. The van der Waals surface area contributed by atoms with Crippen molar-refractivity contribution < 1.29 is 22.8 Å². The zero-order chi connectivity index (χ0) is 22.7. The van der Waals surface area contributed by atoms with Gasteiger partial charge in [0.1, 0.15) is 0 Å². The third-order valence-electron chi connectivity index (χ3n) is 5.04. The Morgan fingerprint density at radius 2 is 1.74 bits per heavy atom. The number of unbranched alkanes of at least 4 members (excludes halogenated alkanes) is 3. The molecule has 0 radical (unpaired) electrons. The van der Waals surface area contributed by atoms with Crippen molar-refractivity contribution in [1.82, 2.24) is 20.3 Å². The van der Waals surface area contributed by atoms with Crippen molar-refractivity contribution in [3.8, 4) is 0 Å². The number of sulfonamides is 1. The molecule has 9 nitrogen and oxygen atoms in total. The molecule has 1 aromatic carbocycles. The Balaban J connectivity index is 1.77. The van der Waals surface area contributed by atoms with Gasteiger partial charge in [-0.3, -0.25) is 9.69 Å². The van der Waals surface area contributed by atoms with Crippen molar-refractivity contribution in [1.29, 1.82) is 0 Å². The number of hydrogen-bond acceptors (Lipinski definition) is 5. The lowest BCUT2D eigenvalue weighted by Crippen LogP contribution is -2.46. The summed E-state index contributed by atoms with van der Waals surface area (Å²) in [4.78, 5) is 36.9. The van der Waals surface area contributed by atoms with Crippen LogP contribution in [-0.4, -0.2) is 50.9 Å². The maximum Gasteiger partial charge on any atom is 0.328 e. The molecular formula is C21H32N4O5S. The molecular weight excluding hydrogens is 420 g/mol. The average Bonchev–Trinajstić information content (AvgIpc) is 2.74. The number of imide groups is 1. The van der Waals surface area contributed by atoms with Crippen molar-refractivity contribution in [2.45, 2.75) is 63.2 Å². The second-order valence-electron chi connectivity index (χ2n) is 7.55. The van der Waals surface area contributed by atoms with Crippen molar-refractivity contribution in [2.75, 3.05) is 19.6 Å². The minimum Gasteiger partial charge on any atom is -0.337 e. The van der Waals surface area contributed by atoms with Gasteiger partial charge in [0, 0.05) is 26.1 Å². The zero-order valence-corrected chi connectivity index (χ0v) is 18.8. The van der Waals surface area contributed by atoms with Crippen molar-refractivity contribution in [3.05, 3.63) is 29.8 Å². The van der Waals surface area contributed by atoms with E-state index < -0.39 is 22.1 Å². The van der Waals surface area contributed by atoms with E-state index in [0.29, 0.717) is 32.5 Å². The number of benzene rings is 1. The Bertz CT molecular complexity index is 855. The number of piperidine rings is 1. The van der Waals surface area contributed by atoms with Gasteiger partial charge in [0.2, 0.25) is 5.91 Å². The number of likely N-dealkylation sites (tertiary alicyclic amines) is 1.